The summed E-state index contributed by atoms with van der Waals surface area (Å²) in [6, 6.07) is 17.2. The maximum absolute atomic E-state index is 12.3. The van der Waals surface area contributed by atoms with E-state index < -0.39 is 0 Å². The number of benzene rings is 2. The summed E-state index contributed by atoms with van der Waals surface area (Å²) in [6.45, 7) is 6.44. The van der Waals surface area contributed by atoms with E-state index in [2.05, 4.69) is 20.7 Å². The van der Waals surface area contributed by atoms with Gasteiger partial charge < -0.3 is 4.74 Å². The number of aromatic amines is 1. The summed E-state index contributed by atoms with van der Waals surface area (Å²) >= 11 is 0. The van der Waals surface area contributed by atoms with Crippen LogP contribution in [-0.4, -0.2) is 28.4 Å². The zero-order chi connectivity index (χ0) is 19.2. The lowest BCUT2D eigenvalue weighted by Gasteiger charge is -2.03. The summed E-state index contributed by atoms with van der Waals surface area (Å²) in [7, 11) is 0. The van der Waals surface area contributed by atoms with Gasteiger partial charge in [-0.15, -0.1) is 0 Å². The summed E-state index contributed by atoms with van der Waals surface area (Å²) in [5, 5.41) is 11.1. The molecule has 27 heavy (non-hydrogen) atoms. The molecule has 6 heteroatoms. The van der Waals surface area contributed by atoms with Crippen molar-refractivity contribution in [1.29, 1.82) is 0 Å². The largest absolute Gasteiger partial charge is 0.494 e. The molecule has 1 aromatic heterocycles. The average molecular weight is 362 g/mol. The van der Waals surface area contributed by atoms with Gasteiger partial charge in [0, 0.05) is 5.56 Å². The first kappa shape index (κ1) is 18.4. The highest BCUT2D eigenvalue weighted by Crippen LogP contribution is 2.21. The molecule has 3 rings (SSSR count). The zero-order valence-corrected chi connectivity index (χ0v) is 15.6. The van der Waals surface area contributed by atoms with Gasteiger partial charge in [-0.05, 0) is 56.7 Å². The molecule has 1 amide bonds. The van der Waals surface area contributed by atoms with Gasteiger partial charge in [-0.3, -0.25) is 9.89 Å². The van der Waals surface area contributed by atoms with Crippen LogP contribution >= 0.6 is 0 Å². The van der Waals surface area contributed by atoms with Gasteiger partial charge >= 0.3 is 0 Å². The highest BCUT2D eigenvalue weighted by atomic mass is 16.5. The van der Waals surface area contributed by atoms with Crippen LogP contribution in [-0.2, 0) is 0 Å². The van der Waals surface area contributed by atoms with Crippen molar-refractivity contribution in [1.82, 2.24) is 15.6 Å². The summed E-state index contributed by atoms with van der Waals surface area (Å²) in [5.74, 6) is 0.460. The van der Waals surface area contributed by atoms with Crippen LogP contribution in [0.2, 0.25) is 0 Å². The van der Waals surface area contributed by atoms with E-state index in [1.165, 1.54) is 5.56 Å². The fraction of sp³-hybridized carbons (Fsp3) is 0.190. The summed E-state index contributed by atoms with van der Waals surface area (Å²) < 4.78 is 5.43. The minimum absolute atomic E-state index is 0.342. The van der Waals surface area contributed by atoms with Gasteiger partial charge in [-0.2, -0.15) is 10.2 Å². The topological polar surface area (TPSA) is 79.4 Å². The minimum atomic E-state index is -0.342. The van der Waals surface area contributed by atoms with Gasteiger partial charge in [0.05, 0.1) is 18.0 Å². The molecule has 0 bridgehead atoms. The van der Waals surface area contributed by atoms with Crippen molar-refractivity contribution in [3.63, 3.8) is 0 Å². The van der Waals surface area contributed by atoms with Gasteiger partial charge in [-0.1, -0.05) is 29.8 Å². The number of nitrogens with one attached hydrogen (secondary N) is 2. The zero-order valence-electron chi connectivity index (χ0n) is 15.6. The third-order valence-corrected chi connectivity index (χ3v) is 4.08. The molecule has 0 unspecified atom stereocenters. The fourth-order valence-corrected chi connectivity index (χ4v) is 2.53. The molecule has 0 fully saturated rings. The Morgan fingerprint density at radius 2 is 1.85 bits per heavy atom. The highest BCUT2D eigenvalue weighted by molar-refractivity contribution is 6.00. The standard InChI is InChI=1S/C21H22N4O2/c1-4-27-18-11-9-17(10-12-18)19-13-20(24-23-19)21(26)25-22-15(3)16-7-5-14(2)6-8-16/h5-13H,4H2,1-3H3,(H,23,24)(H,25,26)/b22-15-. The van der Waals surface area contributed by atoms with Crippen LogP contribution in [0, 0.1) is 6.92 Å². The molecular weight excluding hydrogens is 340 g/mol. The number of aryl methyl sites for hydroxylation is 1. The molecule has 0 spiro atoms. The molecule has 0 aliphatic carbocycles. The molecule has 1 heterocycles. The van der Waals surface area contributed by atoms with E-state index in [0.29, 0.717) is 18.0 Å². The monoisotopic (exact) mass is 362 g/mol. The third kappa shape index (κ3) is 4.61. The van der Waals surface area contributed by atoms with Crippen LogP contribution in [0.4, 0.5) is 0 Å². The minimum Gasteiger partial charge on any atom is -0.494 e. The summed E-state index contributed by atoms with van der Waals surface area (Å²) in [5.41, 5.74) is 7.35. The number of hydrazone groups is 1. The second kappa shape index (κ2) is 8.31. The van der Waals surface area contributed by atoms with E-state index in [4.69, 9.17) is 4.74 Å². The van der Waals surface area contributed by atoms with Crippen molar-refractivity contribution >= 4 is 11.6 Å². The number of aromatic nitrogens is 2. The molecule has 0 aliphatic rings. The number of carbonyl (C=O) groups is 1. The van der Waals surface area contributed by atoms with Crippen LogP contribution in [0.1, 0.15) is 35.5 Å². The fourth-order valence-electron chi connectivity index (χ4n) is 2.53. The number of H-pyrrole nitrogens is 1. The SMILES string of the molecule is CCOc1ccc(-c2cc(C(=O)N/N=C(/C)c3ccc(C)cc3)[nH]n2)cc1. The number of hydrogen-bond donors (Lipinski definition) is 2. The molecule has 0 atom stereocenters. The quantitative estimate of drug-likeness (QED) is 0.515. The van der Waals surface area contributed by atoms with Crippen molar-refractivity contribution in [2.75, 3.05) is 6.61 Å². The molecule has 0 radical (unpaired) electrons. The Morgan fingerprint density at radius 3 is 2.52 bits per heavy atom. The van der Waals surface area contributed by atoms with Gasteiger partial charge in [0.2, 0.25) is 0 Å². The number of nitrogens with zero attached hydrogens (tertiary/aromatic N) is 2. The van der Waals surface area contributed by atoms with E-state index in [1.807, 2.05) is 69.3 Å². The first-order chi connectivity index (χ1) is 13.1. The number of hydrogen-bond acceptors (Lipinski definition) is 4. The Bertz CT molecular complexity index is 941. The van der Waals surface area contributed by atoms with Gasteiger partial charge in [0.25, 0.3) is 5.91 Å². The number of amides is 1. The summed E-state index contributed by atoms with van der Waals surface area (Å²) in [4.78, 5) is 12.3. The van der Waals surface area contributed by atoms with Crippen molar-refractivity contribution in [3.05, 3.63) is 71.4 Å². The molecule has 138 valence electrons. The molecule has 6 nitrogen and oxygen atoms in total. The first-order valence-electron chi connectivity index (χ1n) is 8.77. The Hall–Kier alpha value is -3.41. The van der Waals surface area contributed by atoms with Gasteiger partial charge in [0.1, 0.15) is 11.4 Å². The average Bonchev–Trinajstić information content (AvgIpc) is 3.17. The Labute approximate surface area is 158 Å². The van der Waals surface area contributed by atoms with Crippen LogP contribution in [0.15, 0.2) is 59.7 Å². The van der Waals surface area contributed by atoms with Crippen LogP contribution in [0.25, 0.3) is 11.3 Å². The number of carbonyl (C=O) groups excluding carboxylic acids is 1. The Balaban J connectivity index is 1.67. The van der Waals surface area contributed by atoms with Crippen molar-refractivity contribution in [2.45, 2.75) is 20.8 Å². The van der Waals surface area contributed by atoms with Gasteiger partial charge in [-0.25, -0.2) is 5.43 Å². The smallest absolute Gasteiger partial charge is 0.289 e. The molecule has 2 N–H and O–H groups in total. The summed E-state index contributed by atoms with van der Waals surface area (Å²) in [6.07, 6.45) is 0. The molecule has 0 saturated heterocycles. The number of rotatable bonds is 6. The second-order valence-electron chi connectivity index (χ2n) is 6.13. The molecule has 0 aliphatic heterocycles. The first-order valence-corrected chi connectivity index (χ1v) is 8.77. The highest BCUT2D eigenvalue weighted by Gasteiger charge is 2.11. The van der Waals surface area contributed by atoms with Crippen molar-refractivity contribution in [2.24, 2.45) is 5.10 Å². The number of ether oxygens (including phenoxy) is 1. The predicted molar refractivity (Wildman–Crippen MR) is 106 cm³/mol. The molecular formula is C21H22N4O2. The van der Waals surface area contributed by atoms with Crippen molar-refractivity contribution in [3.8, 4) is 17.0 Å². The normalized spacial score (nSPS) is 11.3. The second-order valence-corrected chi connectivity index (χ2v) is 6.13. The van der Waals surface area contributed by atoms with E-state index in [9.17, 15) is 4.79 Å². The van der Waals surface area contributed by atoms with Crippen LogP contribution < -0.4 is 10.2 Å². The van der Waals surface area contributed by atoms with Crippen LogP contribution in [0.3, 0.4) is 0 Å². The third-order valence-electron chi connectivity index (χ3n) is 4.08. The lowest BCUT2D eigenvalue weighted by molar-refractivity contribution is 0.0950. The van der Waals surface area contributed by atoms with E-state index in [0.717, 1.165) is 22.6 Å². The predicted octanol–water partition coefficient (Wildman–Crippen LogP) is 3.94. The van der Waals surface area contributed by atoms with Gasteiger partial charge in [0.15, 0.2) is 0 Å². The lowest BCUT2D eigenvalue weighted by atomic mass is 10.1. The van der Waals surface area contributed by atoms with E-state index in [-0.39, 0.29) is 5.91 Å². The molecule has 0 saturated carbocycles. The van der Waals surface area contributed by atoms with Crippen LogP contribution in [0.5, 0.6) is 5.75 Å². The van der Waals surface area contributed by atoms with Crippen molar-refractivity contribution < 1.29 is 9.53 Å². The van der Waals surface area contributed by atoms with E-state index >= 15 is 0 Å². The van der Waals surface area contributed by atoms with E-state index in [1.54, 1.807) is 6.07 Å². The molecule has 2 aromatic carbocycles. The molecule has 3 aromatic rings. The maximum atomic E-state index is 12.3. The Morgan fingerprint density at radius 1 is 1.15 bits per heavy atom. The maximum Gasteiger partial charge on any atom is 0.289 e. The Kier molecular flexibility index (Phi) is 5.66. The lowest BCUT2D eigenvalue weighted by Crippen LogP contribution is -2.19.